The molecule has 17 heavy (non-hydrogen) atoms. The van der Waals surface area contributed by atoms with Crippen LogP contribution in [0.2, 0.25) is 0 Å². The summed E-state index contributed by atoms with van der Waals surface area (Å²) < 4.78 is 0. The molecule has 0 radical (unpaired) electrons. The first-order chi connectivity index (χ1) is 8.04. The SMILES string of the molecule is NC1CCC(C(=O)N[C@H](CCO)C(=O)O)CC1. The lowest BCUT2D eigenvalue weighted by Crippen LogP contribution is -2.45. The molecule has 1 saturated carbocycles. The summed E-state index contributed by atoms with van der Waals surface area (Å²) in [6.45, 7) is -0.257. The third-order valence-electron chi connectivity index (χ3n) is 3.17. The zero-order valence-electron chi connectivity index (χ0n) is 9.76. The zero-order chi connectivity index (χ0) is 12.8. The number of amides is 1. The van der Waals surface area contributed by atoms with Crippen molar-refractivity contribution >= 4 is 11.9 Å². The van der Waals surface area contributed by atoms with Gasteiger partial charge in [-0.3, -0.25) is 4.79 Å². The first kappa shape index (κ1) is 13.9. The number of nitrogens with two attached hydrogens (primary N) is 1. The number of hydrogen-bond acceptors (Lipinski definition) is 4. The van der Waals surface area contributed by atoms with Gasteiger partial charge in [0.15, 0.2) is 0 Å². The molecule has 1 amide bonds. The minimum absolute atomic E-state index is 0.0350. The van der Waals surface area contributed by atoms with Gasteiger partial charge in [0, 0.05) is 25.0 Å². The van der Waals surface area contributed by atoms with Crippen LogP contribution in [-0.2, 0) is 9.59 Å². The fourth-order valence-electron chi connectivity index (χ4n) is 2.06. The van der Waals surface area contributed by atoms with Gasteiger partial charge in [-0.25, -0.2) is 4.79 Å². The van der Waals surface area contributed by atoms with E-state index in [1.807, 2.05) is 0 Å². The Kier molecular flexibility index (Phi) is 5.37. The molecule has 0 aromatic heterocycles. The van der Waals surface area contributed by atoms with Crippen molar-refractivity contribution in [1.82, 2.24) is 5.32 Å². The van der Waals surface area contributed by atoms with Gasteiger partial charge in [0.1, 0.15) is 6.04 Å². The van der Waals surface area contributed by atoms with Gasteiger partial charge < -0.3 is 21.3 Å². The van der Waals surface area contributed by atoms with E-state index < -0.39 is 12.0 Å². The fourth-order valence-corrected chi connectivity index (χ4v) is 2.06. The molecule has 1 rings (SSSR count). The molecule has 0 aromatic carbocycles. The van der Waals surface area contributed by atoms with Crippen molar-refractivity contribution < 1.29 is 19.8 Å². The van der Waals surface area contributed by atoms with Crippen LogP contribution in [0.5, 0.6) is 0 Å². The van der Waals surface area contributed by atoms with Crippen LogP contribution in [0.4, 0.5) is 0 Å². The summed E-state index contributed by atoms with van der Waals surface area (Å²) in [4.78, 5) is 22.6. The number of carbonyl (C=O) groups excluding carboxylic acids is 1. The predicted octanol–water partition coefficient (Wildman–Crippen LogP) is -0.544. The van der Waals surface area contributed by atoms with Gasteiger partial charge >= 0.3 is 5.97 Å². The van der Waals surface area contributed by atoms with Gasteiger partial charge in [-0.1, -0.05) is 0 Å². The minimum Gasteiger partial charge on any atom is -0.480 e. The van der Waals surface area contributed by atoms with Crippen molar-refractivity contribution in [3.63, 3.8) is 0 Å². The molecule has 6 heteroatoms. The number of rotatable bonds is 5. The largest absolute Gasteiger partial charge is 0.480 e. The number of nitrogens with one attached hydrogen (secondary N) is 1. The standard InChI is InChI=1S/C11H20N2O4/c12-8-3-1-7(2-4-8)10(15)13-9(5-6-14)11(16)17/h7-9,14H,1-6,12H2,(H,13,15)(H,16,17)/t7?,8?,9-/m1/s1. The van der Waals surface area contributed by atoms with Crippen LogP contribution in [-0.4, -0.2) is 40.8 Å². The Labute approximate surface area is 100 Å². The Morgan fingerprint density at radius 2 is 1.88 bits per heavy atom. The lowest BCUT2D eigenvalue weighted by Gasteiger charge is -2.26. The van der Waals surface area contributed by atoms with Crippen LogP contribution in [0.15, 0.2) is 0 Å². The van der Waals surface area contributed by atoms with Crippen molar-refractivity contribution in [2.45, 2.75) is 44.2 Å². The number of aliphatic carboxylic acids is 1. The smallest absolute Gasteiger partial charge is 0.326 e. The monoisotopic (exact) mass is 244 g/mol. The predicted molar refractivity (Wildman–Crippen MR) is 61.2 cm³/mol. The van der Waals surface area contributed by atoms with Crippen LogP contribution in [0.25, 0.3) is 0 Å². The maximum Gasteiger partial charge on any atom is 0.326 e. The highest BCUT2D eigenvalue weighted by Gasteiger charge is 2.27. The summed E-state index contributed by atoms with van der Waals surface area (Å²) in [6, 6.07) is -0.838. The molecule has 0 spiro atoms. The Hall–Kier alpha value is -1.14. The van der Waals surface area contributed by atoms with E-state index in [9.17, 15) is 9.59 Å². The molecule has 0 saturated heterocycles. The second-order valence-electron chi connectivity index (χ2n) is 4.52. The highest BCUT2D eigenvalue weighted by Crippen LogP contribution is 2.23. The van der Waals surface area contributed by atoms with Crippen molar-refractivity contribution in [2.75, 3.05) is 6.61 Å². The molecule has 0 aromatic rings. The van der Waals surface area contributed by atoms with E-state index in [1.54, 1.807) is 0 Å². The molecular formula is C11H20N2O4. The summed E-state index contributed by atoms with van der Waals surface area (Å²) in [7, 11) is 0. The van der Waals surface area contributed by atoms with Gasteiger partial charge in [-0.2, -0.15) is 0 Å². The number of aliphatic hydroxyl groups is 1. The molecule has 6 nitrogen and oxygen atoms in total. The molecule has 0 unspecified atom stereocenters. The van der Waals surface area contributed by atoms with E-state index in [-0.39, 0.29) is 30.9 Å². The average molecular weight is 244 g/mol. The van der Waals surface area contributed by atoms with E-state index in [0.29, 0.717) is 12.8 Å². The maximum atomic E-state index is 11.8. The number of hydrogen-bond donors (Lipinski definition) is 4. The van der Waals surface area contributed by atoms with Crippen molar-refractivity contribution in [3.8, 4) is 0 Å². The Morgan fingerprint density at radius 3 is 2.35 bits per heavy atom. The fraction of sp³-hybridized carbons (Fsp3) is 0.818. The normalized spacial score (nSPS) is 26.2. The summed E-state index contributed by atoms with van der Waals surface area (Å²) in [5, 5.41) is 20.0. The van der Waals surface area contributed by atoms with Crippen LogP contribution in [0, 0.1) is 5.92 Å². The molecule has 1 atom stereocenters. The van der Waals surface area contributed by atoms with E-state index in [1.165, 1.54) is 0 Å². The Bertz CT molecular complexity index is 275. The second kappa shape index (κ2) is 6.56. The summed E-state index contributed by atoms with van der Waals surface area (Å²) in [5.74, 6) is -1.49. The Balaban J connectivity index is 2.44. The van der Waals surface area contributed by atoms with Gasteiger partial charge in [0.25, 0.3) is 0 Å². The van der Waals surface area contributed by atoms with E-state index in [4.69, 9.17) is 15.9 Å². The first-order valence-corrected chi connectivity index (χ1v) is 5.94. The number of carboxylic acid groups (broad SMARTS) is 1. The van der Waals surface area contributed by atoms with Crippen molar-refractivity contribution in [2.24, 2.45) is 11.7 Å². The molecule has 98 valence electrons. The van der Waals surface area contributed by atoms with Gasteiger partial charge in [-0.15, -0.1) is 0 Å². The van der Waals surface area contributed by atoms with Gasteiger partial charge in [0.05, 0.1) is 0 Å². The van der Waals surface area contributed by atoms with Crippen LogP contribution in [0.1, 0.15) is 32.1 Å². The van der Waals surface area contributed by atoms with E-state index >= 15 is 0 Å². The quantitative estimate of drug-likeness (QED) is 0.518. The third kappa shape index (κ3) is 4.32. The summed E-state index contributed by atoms with van der Waals surface area (Å²) in [6.07, 6.45) is 3.05. The molecule has 1 aliphatic rings. The molecule has 5 N–H and O–H groups in total. The lowest BCUT2D eigenvalue weighted by molar-refractivity contribution is -0.143. The topological polar surface area (TPSA) is 113 Å². The highest BCUT2D eigenvalue weighted by molar-refractivity contribution is 5.85. The number of carbonyl (C=O) groups is 2. The molecule has 0 heterocycles. The number of carboxylic acids is 1. The third-order valence-corrected chi connectivity index (χ3v) is 3.17. The lowest BCUT2D eigenvalue weighted by atomic mass is 9.86. The van der Waals surface area contributed by atoms with Crippen molar-refractivity contribution in [1.29, 1.82) is 0 Å². The molecule has 1 aliphatic carbocycles. The highest BCUT2D eigenvalue weighted by atomic mass is 16.4. The molecule has 0 aliphatic heterocycles. The summed E-state index contributed by atoms with van der Waals surface area (Å²) in [5.41, 5.74) is 5.74. The first-order valence-electron chi connectivity index (χ1n) is 5.94. The molecular weight excluding hydrogens is 224 g/mol. The van der Waals surface area contributed by atoms with E-state index in [2.05, 4.69) is 5.32 Å². The Morgan fingerprint density at radius 1 is 1.29 bits per heavy atom. The van der Waals surface area contributed by atoms with Crippen molar-refractivity contribution in [3.05, 3.63) is 0 Å². The van der Waals surface area contributed by atoms with Crippen LogP contribution >= 0.6 is 0 Å². The maximum absolute atomic E-state index is 11.8. The zero-order valence-corrected chi connectivity index (χ0v) is 9.76. The van der Waals surface area contributed by atoms with E-state index in [0.717, 1.165) is 12.8 Å². The van der Waals surface area contributed by atoms with Crippen LogP contribution < -0.4 is 11.1 Å². The summed E-state index contributed by atoms with van der Waals surface area (Å²) >= 11 is 0. The molecule has 1 fully saturated rings. The van der Waals surface area contributed by atoms with Gasteiger partial charge in [0.2, 0.25) is 5.91 Å². The van der Waals surface area contributed by atoms with Crippen LogP contribution in [0.3, 0.4) is 0 Å². The van der Waals surface area contributed by atoms with Gasteiger partial charge in [-0.05, 0) is 25.7 Å². The average Bonchev–Trinajstić information content (AvgIpc) is 2.29. The molecule has 0 bridgehead atoms. The second-order valence-corrected chi connectivity index (χ2v) is 4.52. The number of aliphatic hydroxyl groups excluding tert-OH is 1. The minimum atomic E-state index is -1.11.